The monoisotopic (exact) mass is 273 g/mol. The van der Waals surface area contributed by atoms with Crippen LogP contribution in [-0.2, 0) is 6.42 Å². The van der Waals surface area contributed by atoms with Crippen molar-refractivity contribution in [3.05, 3.63) is 41.5 Å². The van der Waals surface area contributed by atoms with Gasteiger partial charge in [0.05, 0.1) is 11.3 Å². The average Bonchev–Trinajstić information content (AvgIpc) is 3.01. The molecule has 0 saturated heterocycles. The number of benzene rings is 1. The van der Waals surface area contributed by atoms with Gasteiger partial charge in [0.25, 0.3) is 0 Å². The summed E-state index contributed by atoms with van der Waals surface area (Å²) in [4.78, 5) is 5.83. The number of rotatable bonds is 3. The SMILES string of the molecule is NC(c1noc(C2Cc3ccccc3S2)n1)C1CC1. The Hall–Kier alpha value is -1.33. The van der Waals surface area contributed by atoms with Gasteiger partial charge in [0.15, 0.2) is 5.82 Å². The molecule has 2 aromatic rings. The summed E-state index contributed by atoms with van der Waals surface area (Å²) < 4.78 is 5.42. The van der Waals surface area contributed by atoms with Crippen molar-refractivity contribution in [1.29, 1.82) is 0 Å². The summed E-state index contributed by atoms with van der Waals surface area (Å²) in [6.45, 7) is 0. The predicted octanol–water partition coefficient (Wildman–Crippen LogP) is 2.87. The summed E-state index contributed by atoms with van der Waals surface area (Å²) in [7, 11) is 0. The van der Waals surface area contributed by atoms with Gasteiger partial charge in [-0.25, -0.2) is 0 Å². The van der Waals surface area contributed by atoms with Crippen molar-refractivity contribution in [3.63, 3.8) is 0 Å². The normalized spacial score (nSPS) is 23.3. The molecule has 1 aromatic heterocycles. The molecular weight excluding hydrogens is 258 g/mol. The van der Waals surface area contributed by atoms with Crippen LogP contribution in [0.15, 0.2) is 33.7 Å². The lowest BCUT2D eigenvalue weighted by Gasteiger charge is -2.03. The Morgan fingerprint density at radius 2 is 2.16 bits per heavy atom. The number of hydrogen-bond acceptors (Lipinski definition) is 5. The Morgan fingerprint density at radius 3 is 2.95 bits per heavy atom. The number of fused-ring (bicyclic) bond motifs is 1. The fraction of sp³-hybridized carbons (Fsp3) is 0.429. The highest BCUT2D eigenvalue weighted by molar-refractivity contribution is 7.99. The Bertz CT molecular complexity index is 583. The van der Waals surface area contributed by atoms with Gasteiger partial charge in [-0.3, -0.25) is 0 Å². The predicted molar refractivity (Wildman–Crippen MR) is 72.7 cm³/mol. The maximum Gasteiger partial charge on any atom is 0.240 e. The first-order chi connectivity index (χ1) is 9.31. The van der Waals surface area contributed by atoms with Crippen LogP contribution in [-0.4, -0.2) is 10.1 Å². The van der Waals surface area contributed by atoms with Crippen LogP contribution in [0.2, 0.25) is 0 Å². The van der Waals surface area contributed by atoms with E-state index in [0.717, 1.165) is 6.42 Å². The minimum Gasteiger partial charge on any atom is -0.338 e. The van der Waals surface area contributed by atoms with E-state index in [2.05, 4.69) is 34.4 Å². The van der Waals surface area contributed by atoms with E-state index in [1.54, 1.807) is 11.8 Å². The van der Waals surface area contributed by atoms with Crippen LogP contribution in [0, 0.1) is 5.92 Å². The van der Waals surface area contributed by atoms with E-state index in [1.165, 1.54) is 23.3 Å². The highest BCUT2D eigenvalue weighted by Gasteiger charge is 2.34. The molecule has 2 unspecified atom stereocenters. The van der Waals surface area contributed by atoms with Gasteiger partial charge in [-0.05, 0) is 36.8 Å². The van der Waals surface area contributed by atoms with Gasteiger partial charge in [-0.1, -0.05) is 23.4 Å². The van der Waals surface area contributed by atoms with E-state index in [9.17, 15) is 0 Å². The third-order valence-electron chi connectivity index (χ3n) is 3.81. The third-order valence-corrected chi connectivity index (χ3v) is 5.11. The molecule has 4 rings (SSSR count). The molecule has 1 fully saturated rings. The van der Waals surface area contributed by atoms with Crippen LogP contribution in [0.3, 0.4) is 0 Å². The van der Waals surface area contributed by atoms with E-state index < -0.39 is 0 Å². The second-order valence-electron chi connectivity index (χ2n) is 5.27. The summed E-state index contributed by atoms with van der Waals surface area (Å²) in [6, 6.07) is 8.40. The van der Waals surface area contributed by atoms with Crippen LogP contribution >= 0.6 is 11.8 Å². The van der Waals surface area contributed by atoms with Crippen molar-refractivity contribution < 1.29 is 4.52 Å². The standard InChI is InChI=1S/C14H15N3OS/c15-12(8-5-6-8)13-16-14(18-17-13)11-7-9-3-1-2-4-10(9)19-11/h1-4,8,11-12H,5-7,15H2. The Balaban J connectivity index is 1.55. The highest BCUT2D eigenvalue weighted by atomic mass is 32.2. The largest absolute Gasteiger partial charge is 0.338 e. The van der Waals surface area contributed by atoms with Crippen LogP contribution < -0.4 is 5.73 Å². The molecule has 2 N–H and O–H groups in total. The molecule has 98 valence electrons. The van der Waals surface area contributed by atoms with Gasteiger partial charge < -0.3 is 10.3 Å². The summed E-state index contributed by atoms with van der Waals surface area (Å²) in [5, 5.41) is 4.30. The van der Waals surface area contributed by atoms with Crippen molar-refractivity contribution in [2.45, 2.75) is 35.4 Å². The van der Waals surface area contributed by atoms with Crippen LogP contribution in [0.5, 0.6) is 0 Å². The molecule has 2 aliphatic rings. The topological polar surface area (TPSA) is 64.9 Å². The average molecular weight is 273 g/mol. The summed E-state index contributed by atoms with van der Waals surface area (Å²) in [6.07, 6.45) is 3.34. The maximum atomic E-state index is 6.10. The Morgan fingerprint density at radius 1 is 1.32 bits per heavy atom. The quantitative estimate of drug-likeness (QED) is 0.931. The van der Waals surface area contributed by atoms with E-state index in [1.807, 2.05) is 0 Å². The third kappa shape index (κ3) is 2.07. The molecule has 19 heavy (non-hydrogen) atoms. The number of aromatic nitrogens is 2. The molecule has 2 atom stereocenters. The smallest absolute Gasteiger partial charge is 0.240 e. The first-order valence-corrected chi connectivity index (χ1v) is 7.53. The first-order valence-electron chi connectivity index (χ1n) is 6.65. The van der Waals surface area contributed by atoms with E-state index in [4.69, 9.17) is 10.3 Å². The lowest BCUT2D eigenvalue weighted by Crippen LogP contribution is -2.14. The van der Waals surface area contributed by atoms with Gasteiger partial charge in [-0.2, -0.15) is 4.98 Å². The Labute approximate surface area is 115 Å². The fourth-order valence-corrected chi connectivity index (χ4v) is 3.73. The number of thioether (sulfide) groups is 1. The zero-order valence-electron chi connectivity index (χ0n) is 10.5. The molecule has 1 aliphatic heterocycles. The minimum absolute atomic E-state index is 0.0497. The highest BCUT2D eigenvalue weighted by Crippen LogP contribution is 2.46. The van der Waals surface area contributed by atoms with Crippen molar-refractivity contribution in [2.75, 3.05) is 0 Å². The molecule has 0 radical (unpaired) electrons. The molecular formula is C14H15N3OS. The fourth-order valence-electron chi connectivity index (χ4n) is 2.50. The second kappa shape index (κ2) is 4.35. The number of hydrogen-bond donors (Lipinski definition) is 1. The lowest BCUT2D eigenvalue weighted by molar-refractivity contribution is 0.366. The lowest BCUT2D eigenvalue weighted by atomic mass is 10.1. The van der Waals surface area contributed by atoms with Crippen LogP contribution in [0.25, 0.3) is 0 Å². The number of nitrogens with zero attached hydrogens (tertiary/aromatic N) is 2. The van der Waals surface area contributed by atoms with E-state index in [-0.39, 0.29) is 11.3 Å². The Kier molecular flexibility index (Phi) is 2.63. The van der Waals surface area contributed by atoms with Crippen LogP contribution in [0.1, 0.15) is 41.4 Å². The first kappa shape index (κ1) is 11.5. The van der Waals surface area contributed by atoms with E-state index in [0.29, 0.717) is 17.6 Å². The maximum absolute atomic E-state index is 6.10. The van der Waals surface area contributed by atoms with Gasteiger partial charge in [0.2, 0.25) is 5.89 Å². The summed E-state index contributed by atoms with van der Waals surface area (Å²) in [5.74, 6) is 1.94. The van der Waals surface area contributed by atoms with Crippen molar-refractivity contribution in [1.82, 2.24) is 10.1 Å². The van der Waals surface area contributed by atoms with Crippen molar-refractivity contribution >= 4 is 11.8 Å². The molecule has 2 heterocycles. The van der Waals surface area contributed by atoms with Gasteiger partial charge in [0.1, 0.15) is 0 Å². The minimum atomic E-state index is -0.0497. The van der Waals surface area contributed by atoms with Gasteiger partial charge >= 0.3 is 0 Å². The molecule has 1 saturated carbocycles. The van der Waals surface area contributed by atoms with Gasteiger partial charge in [0, 0.05) is 4.90 Å². The van der Waals surface area contributed by atoms with Crippen molar-refractivity contribution in [2.24, 2.45) is 11.7 Å². The zero-order valence-corrected chi connectivity index (χ0v) is 11.3. The molecule has 5 heteroatoms. The van der Waals surface area contributed by atoms with Crippen molar-refractivity contribution in [3.8, 4) is 0 Å². The summed E-state index contributed by atoms with van der Waals surface area (Å²) >= 11 is 1.80. The number of nitrogens with two attached hydrogens (primary N) is 1. The van der Waals surface area contributed by atoms with E-state index >= 15 is 0 Å². The second-order valence-corrected chi connectivity index (χ2v) is 6.52. The molecule has 0 spiro atoms. The zero-order chi connectivity index (χ0) is 12.8. The molecule has 0 bridgehead atoms. The molecule has 4 nitrogen and oxygen atoms in total. The molecule has 0 amide bonds. The summed E-state index contributed by atoms with van der Waals surface area (Å²) in [5.41, 5.74) is 7.47. The molecule has 1 aliphatic carbocycles. The van der Waals surface area contributed by atoms with Crippen LogP contribution in [0.4, 0.5) is 0 Å². The van der Waals surface area contributed by atoms with Gasteiger partial charge in [-0.15, -0.1) is 11.8 Å². The molecule has 1 aromatic carbocycles.